The minimum absolute atomic E-state index is 0.751. The van der Waals surface area contributed by atoms with Crippen LogP contribution in [0.15, 0.2) is 0 Å². The SMILES string of the molecule is C[CH]COSC. The van der Waals surface area contributed by atoms with Gasteiger partial charge in [-0.25, -0.2) is 0 Å². The molecule has 0 atom stereocenters. The Balaban J connectivity index is 2.34. The molecule has 0 aromatic rings. The largest absolute Gasteiger partial charge is 0.315 e. The minimum atomic E-state index is 0.751. The molecule has 0 saturated heterocycles. The summed E-state index contributed by atoms with van der Waals surface area (Å²) in [5, 5.41) is 0. The Labute approximate surface area is 43.3 Å². The van der Waals surface area contributed by atoms with Crippen LogP contribution in [-0.4, -0.2) is 12.9 Å². The van der Waals surface area contributed by atoms with E-state index in [4.69, 9.17) is 4.18 Å². The average Bonchev–Trinajstić information content (AvgIpc) is 1.61. The van der Waals surface area contributed by atoms with Crippen molar-refractivity contribution in [1.82, 2.24) is 0 Å². The summed E-state index contributed by atoms with van der Waals surface area (Å²) in [5.74, 6) is 0. The van der Waals surface area contributed by atoms with Crippen molar-refractivity contribution in [1.29, 1.82) is 0 Å². The van der Waals surface area contributed by atoms with Gasteiger partial charge in [-0.2, -0.15) is 0 Å². The third kappa shape index (κ3) is 4.31. The molecule has 6 heavy (non-hydrogen) atoms. The Morgan fingerprint density at radius 3 is 2.67 bits per heavy atom. The molecule has 0 aromatic carbocycles. The third-order valence-electron chi connectivity index (χ3n) is 0.353. The van der Waals surface area contributed by atoms with Crippen molar-refractivity contribution in [2.24, 2.45) is 0 Å². The lowest BCUT2D eigenvalue weighted by atomic mass is 10.5. The summed E-state index contributed by atoms with van der Waals surface area (Å²) in [4.78, 5) is 0. The van der Waals surface area contributed by atoms with Crippen LogP contribution in [0.4, 0.5) is 0 Å². The number of rotatable bonds is 3. The molecule has 0 heterocycles. The summed E-state index contributed by atoms with van der Waals surface area (Å²) < 4.78 is 4.84. The van der Waals surface area contributed by atoms with E-state index in [1.807, 2.05) is 19.6 Å². The Morgan fingerprint density at radius 2 is 2.50 bits per heavy atom. The summed E-state index contributed by atoms with van der Waals surface area (Å²) in [6, 6.07) is 0. The molecule has 0 aliphatic heterocycles. The molecular formula is C4H9OS. The molecule has 0 rings (SSSR count). The van der Waals surface area contributed by atoms with E-state index in [1.165, 1.54) is 12.0 Å². The van der Waals surface area contributed by atoms with E-state index < -0.39 is 0 Å². The predicted octanol–water partition coefficient (Wildman–Crippen LogP) is 1.51. The van der Waals surface area contributed by atoms with Crippen molar-refractivity contribution in [3.05, 3.63) is 6.42 Å². The first kappa shape index (κ1) is 6.31. The van der Waals surface area contributed by atoms with Gasteiger partial charge in [0.1, 0.15) is 0 Å². The quantitative estimate of drug-likeness (QED) is 0.397. The zero-order valence-electron chi connectivity index (χ0n) is 4.10. The van der Waals surface area contributed by atoms with E-state index >= 15 is 0 Å². The summed E-state index contributed by atoms with van der Waals surface area (Å²) in [5.41, 5.74) is 0. The fraction of sp³-hybridized carbons (Fsp3) is 0.750. The van der Waals surface area contributed by atoms with E-state index in [0.717, 1.165) is 6.61 Å². The van der Waals surface area contributed by atoms with E-state index in [9.17, 15) is 0 Å². The second-order valence-corrected chi connectivity index (χ2v) is 1.43. The van der Waals surface area contributed by atoms with E-state index in [0.29, 0.717) is 0 Å². The van der Waals surface area contributed by atoms with Crippen LogP contribution in [0.5, 0.6) is 0 Å². The zero-order valence-corrected chi connectivity index (χ0v) is 4.92. The molecule has 1 radical (unpaired) electrons. The van der Waals surface area contributed by atoms with Gasteiger partial charge in [0.15, 0.2) is 0 Å². The molecule has 0 aromatic heterocycles. The van der Waals surface area contributed by atoms with Crippen LogP contribution in [0, 0.1) is 6.42 Å². The topological polar surface area (TPSA) is 9.23 Å². The molecule has 0 N–H and O–H groups in total. The van der Waals surface area contributed by atoms with Crippen LogP contribution in [0.1, 0.15) is 6.92 Å². The van der Waals surface area contributed by atoms with Crippen LogP contribution < -0.4 is 0 Å². The highest BCUT2D eigenvalue weighted by molar-refractivity contribution is 7.93. The van der Waals surface area contributed by atoms with Gasteiger partial charge in [-0.15, -0.1) is 0 Å². The fourth-order valence-corrected chi connectivity index (χ4v) is 0.408. The summed E-state index contributed by atoms with van der Waals surface area (Å²) in [6.45, 7) is 2.72. The Bertz CT molecular complexity index is 19.5. The lowest BCUT2D eigenvalue weighted by molar-refractivity contribution is 0.415. The molecule has 0 aliphatic rings. The summed E-state index contributed by atoms with van der Waals surface area (Å²) >= 11 is 1.39. The molecule has 0 saturated carbocycles. The van der Waals surface area contributed by atoms with Gasteiger partial charge in [-0.05, 0) is 18.5 Å². The molecule has 2 heteroatoms. The molecule has 0 bridgehead atoms. The Kier molecular flexibility index (Phi) is 5.58. The van der Waals surface area contributed by atoms with Gasteiger partial charge in [0.05, 0.1) is 6.61 Å². The first-order chi connectivity index (χ1) is 2.91. The molecule has 0 unspecified atom stereocenters. The van der Waals surface area contributed by atoms with Gasteiger partial charge in [0, 0.05) is 6.26 Å². The lowest BCUT2D eigenvalue weighted by Crippen LogP contribution is -1.79. The van der Waals surface area contributed by atoms with Gasteiger partial charge in [0.25, 0.3) is 0 Å². The minimum Gasteiger partial charge on any atom is -0.315 e. The first-order valence-corrected chi connectivity index (χ1v) is 3.00. The molecule has 0 amide bonds. The van der Waals surface area contributed by atoms with Crippen molar-refractivity contribution in [3.8, 4) is 0 Å². The van der Waals surface area contributed by atoms with Crippen molar-refractivity contribution in [2.45, 2.75) is 6.92 Å². The molecule has 0 aliphatic carbocycles. The van der Waals surface area contributed by atoms with Gasteiger partial charge in [-0.3, -0.25) is 0 Å². The summed E-state index contributed by atoms with van der Waals surface area (Å²) in [6.07, 6.45) is 3.88. The van der Waals surface area contributed by atoms with Crippen LogP contribution in [0.3, 0.4) is 0 Å². The Morgan fingerprint density at radius 1 is 1.83 bits per heavy atom. The zero-order chi connectivity index (χ0) is 4.83. The van der Waals surface area contributed by atoms with Crippen molar-refractivity contribution < 1.29 is 4.18 Å². The normalized spacial score (nSPS) is 9.00. The first-order valence-electron chi connectivity index (χ1n) is 1.85. The highest BCUT2D eigenvalue weighted by Gasteiger charge is 1.74. The van der Waals surface area contributed by atoms with Gasteiger partial charge in [-0.1, -0.05) is 6.92 Å². The van der Waals surface area contributed by atoms with Crippen LogP contribution in [0.2, 0.25) is 0 Å². The van der Waals surface area contributed by atoms with Crippen molar-refractivity contribution in [2.75, 3.05) is 12.9 Å². The Hall–Kier alpha value is 0.310. The molecule has 1 nitrogen and oxygen atoms in total. The predicted molar refractivity (Wildman–Crippen MR) is 29.4 cm³/mol. The smallest absolute Gasteiger partial charge is 0.0642 e. The second kappa shape index (κ2) is 5.31. The standard InChI is InChI=1S/C4H9OS/c1-3-4-5-6-2/h3H,4H2,1-2H3. The van der Waals surface area contributed by atoms with Crippen LogP contribution in [0.25, 0.3) is 0 Å². The highest BCUT2D eigenvalue weighted by Crippen LogP contribution is 1.92. The molecule has 0 spiro atoms. The average molecular weight is 105 g/mol. The third-order valence-corrected chi connectivity index (χ3v) is 0.724. The van der Waals surface area contributed by atoms with Crippen LogP contribution in [-0.2, 0) is 4.18 Å². The maximum atomic E-state index is 4.84. The fourth-order valence-electron chi connectivity index (χ4n) is 0.136. The second-order valence-electron chi connectivity index (χ2n) is 0.859. The van der Waals surface area contributed by atoms with Crippen molar-refractivity contribution in [3.63, 3.8) is 0 Å². The van der Waals surface area contributed by atoms with Gasteiger partial charge < -0.3 is 4.18 Å². The van der Waals surface area contributed by atoms with Crippen molar-refractivity contribution >= 4 is 12.0 Å². The summed E-state index contributed by atoms with van der Waals surface area (Å²) in [7, 11) is 0. The monoisotopic (exact) mass is 105 g/mol. The lowest BCUT2D eigenvalue weighted by Gasteiger charge is -1.89. The molecular weight excluding hydrogens is 96.1 g/mol. The molecule has 0 fully saturated rings. The molecule has 37 valence electrons. The van der Waals surface area contributed by atoms with E-state index in [-0.39, 0.29) is 0 Å². The number of hydrogen-bond acceptors (Lipinski definition) is 2. The van der Waals surface area contributed by atoms with Gasteiger partial charge >= 0.3 is 0 Å². The maximum Gasteiger partial charge on any atom is 0.0642 e. The highest BCUT2D eigenvalue weighted by atomic mass is 32.2. The van der Waals surface area contributed by atoms with Crippen LogP contribution >= 0.6 is 12.0 Å². The van der Waals surface area contributed by atoms with E-state index in [2.05, 4.69) is 0 Å². The van der Waals surface area contributed by atoms with E-state index in [1.54, 1.807) is 0 Å². The van der Waals surface area contributed by atoms with Gasteiger partial charge in [0.2, 0.25) is 0 Å². The maximum absolute atomic E-state index is 4.84. The number of hydrogen-bond donors (Lipinski definition) is 0.